The van der Waals surface area contributed by atoms with Gasteiger partial charge in [0.2, 0.25) is 0 Å². The Kier molecular flexibility index (Phi) is 2.98. The molecule has 84 valence electrons. The number of nitriles is 1. The molecule has 0 saturated heterocycles. The van der Waals surface area contributed by atoms with Crippen LogP contribution in [0.5, 0.6) is 0 Å². The normalized spacial score (nSPS) is 11.4. The highest BCUT2D eigenvalue weighted by Gasteiger charge is 2.07. The molecule has 0 aliphatic heterocycles. The highest BCUT2D eigenvalue weighted by molar-refractivity contribution is 9.10. The number of nitrogens with one attached hydrogen (secondary N) is 1. The average molecular weight is 290 g/mol. The molecule has 17 heavy (non-hydrogen) atoms. The number of rotatable bonds is 2. The van der Waals surface area contributed by atoms with Gasteiger partial charge in [-0.05, 0) is 24.3 Å². The average Bonchev–Trinajstić information content (AvgIpc) is 2.68. The Morgan fingerprint density at radius 2 is 2.29 bits per heavy atom. The zero-order valence-corrected chi connectivity index (χ0v) is 10.3. The van der Waals surface area contributed by atoms with Crippen LogP contribution < -0.4 is 5.73 Å². The van der Waals surface area contributed by atoms with E-state index >= 15 is 0 Å². The van der Waals surface area contributed by atoms with Gasteiger partial charge in [0.15, 0.2) is 0 Å². The number of amides is 1. The number of H-pyrrole nitrogens is 1. The number of carbonyl (C=O) groups excluding carboxylic acids is 1. The molecule has 1 heterocycles. The Balaban J connectivity index is 2.61. The number of nitrogens with two attached hydrogens (primary N) is 1. The molecule has 0 aliphatic carbocycles. The van der Waals surface area contributed by atoms with E-state index in [9.17, 15) is 4.79 Å². The fourth-order valence-corrected chi connectivity index (χ4v) is 1.91. The predicted octanol–water partition coefficient (Wildman–Crippen LogP) is 2.32. The molecule has 5 heteroatoms. The van der Waals surface area contributed by atoms with Crippen LogP contribution in [0.15, 0.2) is 34.4 Å². The molecule has 0 aliphatic rings. The van der Waals surface area contributed by atoms with Crippen molar-refractivity contribution >= 4 is 38.8 Å². The molecule has 0 saturated carbocycles. The minimum atomic E-state index is -0.725. The molecule has 0 spiro atoms. The summed E-state index contributed by atoms with van der Waals surface area (Å²) in [4.78, 5) is 14.0. The van der Waals surface area contributed by atoms with Gasteiger partial charge in [0.25, 0.3) is 5.91 Å². The van der Waals surface area contributed by atoms with Gasteiger partial charge in [-0.25, -0.2) is 0 Å². The summed E-state index contributed by atoms with van der Waals surface area (Å²) in [5.74, 6) is -0.725. The third-order valence-electron chi connectivity index (χ3n) is 2.36. The monoisotopic (exact) mass is 289 g/mol. The zero-order chi connectivity index (χ0) is 12.4. The molecule has 1 aromatic carbocycles. The Morgan fingerprint density at radius 3 is 2.94 bits per heavy atom. The standard InChI is InChI=1S/C12H8BrN3O/c13-9-1-2-11-10(4-9)8(6-16-11)3-7(5-14)12(15)17/h1-4,6,16H,(H2,15,17)/b7-3-. The number of fused-ring (bicyclic) bond motifs is 1. The van der Waals surface area contributed by atoms with Crippen LogP contribution in [0.3, 0.4) is 0 Å². The number of nitrogens with zero attached hydrogens (tertiary/aromatic N) is 1. The largest absolute Gasteiger partial charge is 0.365 e. The van der Waals surface area contributed by atoms with Crippen molar-refractivity contribution in [2.75, 3.05) is 0 Å². The second-order valence-electron chi connectivity index (χ2n) is 3.47. The molecular weight excluding hydrogens is 282 g/mol. The van der Waals surface area contributed by atoms with Gasteiger partial charge in [0.1, 0.15) is 11.6 Å². The lowest BCUT2D eigenvalue weighted by Gasteiger charge is -1.94. The molecule has 2 rings (SSSR count). The van der Waals surface area contributed by atoms with E-state index in [0.717, 1.165) is 20.9 Å². The number of hydrogen-bond acceptors (Lipinski definition) is 2. The first-order valence-corrected chi connectivity index (χ1v) is 5.59. The molecule has 4 nitrogen and oxygen atoms in total. The van der Waals surface area contributed by atoms with E-state index < -0.39 is 5.91 Å². The van der Waals surface area contributed by atoms with Gasteiger partial charge in [0.05, 0.1) is 0 Å². The van der Waals surface area contributed by atoms with Crippen LogP contribution in [-0.4, -0.2) is 10.9 Å². The van der Waals surface area contributed by atoms with Gasteiger partial charge in [0, 0.05) is 27.1 Å². The Labute approximate surface area is 106 Å². The number of benzene rings is 1. The number of halogens is 1. The summed E-state index contributed by atoms with van der Waals surface area (Å²) in [6.45, 7) is 0. The molecule has 3 N–H and O–H groups in total. The predicted molar refractivity (Wildman–Crippen MR) is 68.8 cm³/mol. The van der Waals surface area contributed by atoms with Crippen molar-refractivity contribution in [3.05, 3.63) is 40.0 Å². The van der Waals surface area contributed by atoms with E-state index in [4.69, 9.17) is 11.0 Å². The van der Waals surface area contributed by atoms with Crippen LogP contribution in [0.1, 0.15) is 5.56 Å². The van der Waals surface area contributed by atoms with Crippen LogP contribution in [0.2, 0.25) is 0 Å². The second kappa shape index (κ2) is 4.44. The van der Waals surface area contributed by atoms with Crippen LogP contribution in [0.25, 0.3) is 17.0 Å². The van der Waals surface area contributed by atoms with Gasteiger partial charge in [-0.2, -0.15) is 5.26 Å². The van der Waals surface area contributed by atoms with E-state index in [1.165, 1.54) is 6.08 Å². The highest BCUT2D eigenvalue weighted by Crippen LogP contribution is 2.24. The topological polar surface area (TPSA) is 82.7 Å². The van der Waals surface area contributed by atoms with Crippen LogP contribution >= 0.6 is 15.9 Å². The van der Waals surface area contributed by atoms with E-state index in [-0.39, 0.29) is 5.57 Å². The number of primary amides is 1. The summed E-state index contributed by atoms with van der Waals surface area (Å²) in [5, 5.41) is 9.71. The summed E-state index contributed by atoms with van der Waals surface area (Å²) in [5.41, 5.74) is 6.72. The highest BCUT2D eigenvalue weighted by atomic mass is 79.9. The van der Waals surface area contributed by atoms with Crippen molar-refractivity contribution in [2.45, 2.75) is 0 Å². The van der Waals surface area contributed by atoms with E-state index in [0.29, 0.717) is 0 Å². The van der Waals surface area contributed by atoms with Gasteiger partial charge in [-0.15, -0.1) is 0 Å². The van der Waals surface area contributed by atoms with Crippen LogP contribution in [0.4, 0.5) is 0 Å². The number of aromatic amines is 1. The van der Waals surface area contributed by atoms with Gasteiger partial charge >= 0.3 is 0 Å². The van der Waals surface area contributed by atoms with Gasteiger partial charge in [-0.3, -0.25) is 4.79 Å². The first-order chi connectivity index (χ1) is 8.11. The summed E-state index contributed by atoms with van der Waals surface area (Å²) >= 11 is 3.37. The summed E-state index contributed by atoms with van der Waals surface area (Å²) < 4.78 is 0.928. The third-order valence-corrected chi connectivity index (χ3v) is 2.85. The van der Waals surface area contributed by atoms with Gasteiger partial charge in [-0.1, -0.05) is 15.9 Å². The van der Waals surface area contributed by atoms with Crippen LogP contribution in [-0.2, 0) is 4.79 Å². The molecule has 2 aromatic rings. The fourth-order valence-electron chi connectivity index (χ4n) is 1.55. The van der Waals surface area contributed by atoms with Gasteiger partial charge < -0.3 is 10.7 Å². The minimum absolute atomic E-state index is 0.0640. The Bertz CT molecular complexity index is 664. The van der Waals surface area contributed by atoms with Crippen molar-refractivity contribution in [1.82, 2.24) is 4.98 Å². The first kappa shape index (κ1) is 11.4. The molecule has 1 aromatic heterocycles. The van der Waals surface area contributed by atoms with E-state index in [1.54, 1.807) is 12.3 Å². The van der Waals surface area contributed by atoms with Crippen LogP contribution in [0, 0.1) is 11.3 Å². The Morgan fingerprint density at radius 1 is 1.53 bits per heavy atom. The maximum atomic E-state index is 11.0. The SMILES string of the molecule is N#C/C(=C/c1c[nH]c2ccc(Br)cc12)C(N)=O. The smallest absolute Gasteiger partial charge is 0.259 e. The lowest BCUT2D eigenvalue weighted by Crippen LogP contribution is -2.12. The lowest BCUT2D eigenvalue weighted by atomic mass is 10.1. The van der Waals surface area contributed by atoms with Crippen molar-refractivity contribution in [2.24, 2.45) is 5.73 Å². The molecule has 0 fully saturated rings. The van der Waals surface area contributed by atoms with Crippen molar-refractivity contribution in [3.8, 4) is 6.07 Å². The Hall–Kier alpha value is -2.06. The fraction of sp³-hybridized carbons (Fsp3) is 0. The first-order valence-electron chi connectivity index (χ1n) is 4.80. The third kappa shape index (κ3) is 2.22. The maximum absolute atomic E-state index is 11.0. The molecule has 0 bridgehead atoms. The zero-order valence-electron chi connectivity index (χ0n) is 8.70. The maximum Gasteiger partial charge on any atom is 0.259 e. The minimum Gasteiger partial charge on any atom is -0.365 e. The van der Waals surface area contributed by atoms with E-state index in [1.807, 2.05) is 18.2 Å². The summed E-state index contributed by atoms with van der Waals surface area (Å²) in [7, 11) is 0. The number of carbonyl (C=O) groups is 1. The molecular formula is C12H8BrN3O. The van der Waals surface area contributed by atoms with Crippen molar-refractivity contribution in [3.63, 3.8) is 0 Å². The summed E-state index contributed by atoms with van der Waals surface area (Å²) in [6, 6.07) is 7.51. The molecule has 0 unspecified atom stereocenters. The number of aromatic nitrogens is 1. The van der Waals surface area contributed by atoms with E-state index in [2.05, 4.69) is 20.9 Å². The summed E-state index contributed by atoms with van der Waals surface area (Å²) in [6.07, 6.45) is 3.21. The molecule has 1 amide bonds. The van der Waals surface area contributed by atoms with Crippen molar-refractivity contribution < 1.29 is 4.79 Å². The number of hydrogen-bond donors (Lipinski definition) is 2. The molecule has 0 atom stereocenters. The van der Waals surface area contributed by atoms with Crippen molar-refractivity contribution in [1.29, 1.82) is 5.26 Å². The second-order valence-corrected chi connectivity index (χ2v) is 4.38. The quantitative estimate of drug-likeness (QED) is 0.657. The lowest BCUT2D eigenvalue weighted by molar-refractivity contribution is -0.114. The molecule has 0 radical (unpaired) electrons.